The lowest BCUT2D eigenvalue weighted by Gasteiger charge is -2.02. The van der Waals surface area contributed by atoms with Gasteiger partial charge in [0.25, 0.3) is 5.89 Å². The molecule has 0 aromatic carbocycles. The van der Waals surface area contributed by atoms with E-state index in [0.29, 0.717) is 18.1 Å². The molecule has 1 atom stereocenters. The highest BCUT2D eigenvalue weighted by Gasteiger charge is 2.13. The number of hydrogen-bond acceptors (Lipinski definition) is 5. The molecule has 2 rings (SSSR count). The van der Waals surface area contributed by atoms with Gasteiger partial charge in [0.1, 0.15) is 0 Å². The summed E-state index contributed by atoms with van der Waals surface area (Å²) >= 11 is 1.61. The number of rotatable bonds is 4. The zero-order valence-corrected chi connectivity index (χ0v) is 10.3. The summed E-state index contributed by atoms with van der Waals surface area (Å²) in [6, 6.07) is 2.15. The molecular formula is C11H15N3OS. The molecule has 2 heterocycles. The van der Waals surface area contributed by atoms with E-state index in [1.54, 1.807) is 11.3 Å². The highest BCUT2D eigenvalue weighted by atomic mass is 32.1. The maximum Gasteiger partial charge on any atom is 0.268 e. The summed E-state index contributed by atoms with van der Waals surface area (Å²) in [5, 5.41) is 5.96. The summed E-state index contributed by atoms with van der Waals surface area (Å²) in [5.74, 6) is 1.29. The van der Waals surface area contributed by atoms with Crippen molar-refractivity contribution in [2.45, 2.75) is 32.7 Å². The Balaban J connectivity index is 2.17. The average Bonchev–Trinajstić information content (AvgIpc) is 2.86. The van der Waals surface area contributed by atoms with E-state index < -0.39 is 0 Å². The van der Waals surface area contributed by atoms with Crippen molar-refractivity contribution in [3.63, 3.8) is 0 Å². The molecule has 0 spiro atoms. The lowest BCUT2D eigenvalue weighted by Crippen LogP contribution is -2.21. The number of aryl methyl sites for hydroxylation is 1. The fraction of sp³-hybridized carbons (Fsp3) is 0.455. The molecule has 0 radical (unpaired) electrons. The van der Waals surface area contributed by atoms with Gasteiger partial charge in [0.05, 0.1) is 4.88 Å². The third-order valence-electron chi connectivity index (χ3n) is 2.49. The van der Waals surface area contributed by atoms with Crippen LogP contribution in [0.1, 0.15) is 24.7 Å². The predicted molar refractivity (Wildman–Crippen MR) is 64.3 cm³/mol. The van der Waals surface area contributed by atoms with Gasteiger partial charge in [-0.2, -0.15) is 4.98 Å². The summed E-state index contributed by atoms with van der Waals surface area (Å²) in [6.07, 6.45) is 1.59. The molecule has 2 aromatic heterocycles. The largest absolute Gasteiger partial charge is 0.333 e. The molecule has 0 aliphatic carbocycles. The molecule has 0 aliphatic heterocycles. The minimum absolute atomic E-state index is 0.106. The molecule has 0 amide bonds. The van der Waals surface area contributed by atoms with Gasteiger partial charge in [-0.3, -0.25) is 0 Å². The second-order valence-corrected chi connectivity index (χ2v) is 4.74. The minimum Gasteiger partial charge on any atom is -0.333 e. The van der Waals surface area contributed by atoms with Crippen molar-refractivity contribution in [3.05, 3.63) is 22.8 Å². The van der Waals surface area contributed by atoms with E-state index >= 15 is 0 Å². The highest BCUT2D eigenvalue weighted by Crippen LogP contribution is 2.27. The van der Waals surface area contributed by atoms with Crippen molar-refractivity contribution in [1.82, 2.24) is 10.1 Å². The Hall–Kier alpha value is -1.20. The van der Waals surface area contributed by atoms with E-state index in [4.69, 9.17) is 10.3 Å². The maximum absolute atomic E-state index is 5.84. The second-order valence-electron chi connectivity index (χ2n) is 3.82. The van der Waals surface area contributed by atoms with E-state index in [2.05, 4.69) is 17.1 Å². The van der Waals surface area contributed by atoms with Gasteiger partial charge in [-0.1, -0.05) is 12.1 Å². The van der Waals surface area contributed by atoms with Crippen LogP contribution in [0.25, 0.3) is 10.8 Å². The molecule has 86 valence electrons. The summed E-state index contributed by atoms with van der Waals surface area (Å²) < 4.78 is 5.23. The molecule has 2 aromatic rings. The van der Waals surface area contributed by atoms with Crippen LogP contribution in [0.15, 0.2) is 16.0 Å². The minimum atomic E-state index is 0.106. The van der Waals surface area contributed by atoms with Crippen LogP contribution in [0.2, 0.25) is 0 Å². The zero-order chi connectivity index (χ0) is 11.5. The smallest absolute Gasteiger partial charge is 0.268 e. The Morgan fingerprint density at radius 2 is 2.38 bits per heavy atom. The van der Waals surface area contributed by atoms with Gasteiger partial charge >= 0.3 is 0 Å². The molecule has 2 N–H and O–H groups in total. The number of hydrogen-bond donors (Lipinski definition) is 1. The summed E-state index contributed by atoms with van der Waals surface area (Å²) in [4.78, 5) is 5.40. The Labute approximate surface area is 98.5 Å². The fourth-order valence-corrected chi connectivity index (χ4v) is 2.25. The van der Waals surface area contributed by atoms with Gasteiger partial charge in [0.2, 0.25) is 0 Å². The lowest BCUT2D eigenvalue weighted by atomic mass is 10.2. The summed E-state index contributed by atoms with van der Waals surface area (Å²) in [5.41, 5.74) is 7.01. The van der Waals surface area contributed by atoms with E-state index in [9.17, 15) is 0 Å². The van der Waals surface area contributed by atoms with Crippen LogP contribution < -0.4 is 5.73 Å². The second kappa shape index (κ2) is 4.76. The molecule has 4 nitrogen and oxygen atoms in total. The zero-order valence-electron chi connectivity index (χ0n) is 9.43. The van der Waals surface area contributed by atoms with Gasteiger partial charge in [0, 0.05) is 12.5 Å². The van der Waals surface area contributed by atoms with Crippen LogP contribution in [-0.4, -0.2) is 16.2 Å². The van der Waals surface area contributed by atoms with Crippen LogP contribution in [0.3, 0.4) is 0 Å². The molecule has 16 heavy (non-hydrogen) atoms. The van der Waals surface area contributed by atoms with Crippen molar-refractivity contribution in [1.29, 1.82) is 0 Å². The molecule has 5 heteroatoms. The van der Waals surface area contributed by atoms with E-state index in [1.165, 1.54) is 5.56 Å². The van der Waals surface area contributed by atoms with E-state index in [0.717, 1.165) is 11.3 Å². The Bertz CT molecular complexity index is 463. The summed E-state index contributed by atoms with van der Waals surface area (Å²) in [7, 11) is 0. The third-order valence-corrected chi connectivity index (χ3v) is 3.50. The molecule has 1 unspecified atom stereocenters. The van der Waals surface area contributed by atoms with Crippen molar-refractivity contribution < 1.29 is 4.52 Å². The highest BCUT2D eigenvalue weighted by molar-refractivity contribution is 7.13. The number of nitrogens with two attached hydrogens (primary N) is 1. The quantitative estimate of drug-likeness (QED) is 0.886. The first-order valence-electron chi connectivity index (χ1n) is 5.33. The normalized spacial score (nSPS) is 12.9. The molecule has 0 fully saturated rings. The summed E-state index contributed by atoms with van der Waals surface area (Å²) in [6.45, 7) is 4.09. The van der Waals surface area contributed by atoms with E-state index in [-0.39, 0.29) is 6.04 Å². The first-order chi connectivity index (χ1) is 7.70. The van der Waals surface area contributed by atoms with Gasteiger partial charge in [-0.25, -0.2) is 0 Å². The maximum atomic E-state index is 5.84. The Morgan fingerprint density at radius 1 is 1.56 bits per heavy atom. The van der Waals surface area contributed by atoms with Crippen molar-refractivity contribution in [2.75, 3.05) is 0 Å². The first kappa shape index (κ1) is 11.3. The molecule has 0 saturated carbocycles. The fourth-order valence-electron chi connectivity index (χ4n) is 1.40. The third kappa shape index (κ3) is 2.31. The standard InChI is InChI=1S/C11H15N3OS/c1-3-8(12)6-9-13-11(15-14-9)10-7(2)4-5-16-10/h4-5,8H,3,6,12H2,1-2H3. The number of nitrogens with zero attached hydrogens (tertiary/aromatic N) is 2. The molecule has 0 aliphatic rings. The Morgan fingerprint density at radius 3 is 3.00 bits per heavy atom. The lowest BCUT2D eigenvalue weighted by molar-refractivity contribution is 0.419. The Kier molecular flexibility index (Phi) is 3.36. The van der Waals surface area contributed by atoms with Crippen LogP contribution in [0.4, 0.5) is 0 Å². The average molecular weight is 237 g/mol. The first-order valence-corrected chi connectivity index (χ1v) is 6.21. The monoisotopic (exact) mass is 237 g/mol. The van der Waals surface area contributed by atoms with E-state index in [1.807, 2.05) is 18.4 Å². The number of thiophene rings is 1. The van der Waals surface area contributed by atoms with Crippen molar-refractivity contribution in [2.24, 2.45) is 5.73 Å². The molecule has 0 bridgehead atoms. The molecular weight excluding hydrogens is 222 g/mol. The SMILES string of the molecule is CCC(N)Cc1noc(-c2sccc2C)n1. The van der Waals surface area contributed by atoms with Crippen LogP contribution in [0, 0.1) is 6.92 Å². The van der Waals surface area contributed by atoms with Crippen LogP contribution >= 0.6 is 11.3 Å². The van der Waals surface area contributed by atoms with Gasteiger partial charge in [-0.05, 0) is 30.4 Å². The van der Waals surface area contributed by atoms with Crippen LogP contribution in [-0.2, 0) is 6.42 Å². The van der Waals surface area contributed by atoms with Crippen molar-refractivity contribution >= 4 is 11.3 Å². The number of aromatic nitrogens is 2. The predicted octanol–water partition coefficient (Wildman–Crippen LogP) is 2.39. The molecule has 0 saturated heterocycles. The van der Waals surface area contributed by atoms with Gasteiger partial charge < -0.3 is 10.3 Å². The topological polar surface area (TPSA) is 64.9 Å². The van der Waals surface area contributed by atoms with Gasteiger partial charge in [-0.15, -0.1) is 11.3 Å². The van der Waals surface area contributed by atoms with Crippen LogP contribution in [0.5, 0.6) is 0 Å². The van der Waals surface area contributed by atoms with Gasteiger partial charge in [0.15, 0.2) is 5.82 Å². The van der Waals surface area contributed by atoms with Crippen molar-refractivity contribution in [3.8, 4) is 10.8 Å².